The van der Waals surface area contributed by atoms with Gasteiger partial charge in [0.25, 0.3) is 0 Å². The molecule has 1 aromatic carbocycles. The van der Waals surface area contributed by atoms with Crippen LogP contribution in [0.4, 0.5) is 8.78 Å². The van der Waals surface area contributed by atoms with Crippen LogP contribution >= 0.6 is 0 Å². The molecule has 96 valence electrons. The van der Waals surface area contributed by atoms with Gasteiger partial charge in [-0.05, 0) is 43.0 Å². The minimum atomic E-state index is -3.67. The number of carbonyl (C=O) groups is 1. The molecule has 0 radical (unpaired) electrons. The van der Waals surface area contributed by atoms with Gasteiger partial charge in [0.05, 0.1) is 5.41 Å². The molecule has 0 spiro atoms. The van der Waals surface area contributed by atoms with Gasteiger partial charge in [-0.15, -0.1) is 8.78 Å². The molecule has 3 rings (SSSR count). The third-order valence-corrected chi connectivity index (χ3v) is 3.59. The molecule has 0 amide bonds. The van der Waals surface area contributed by atoms with Crippen molar-refractivity contribution in [2.45, 2.75) is 31.5 Å². The molecular weight excluding hydrogens is 246 g/mol. The highest BCUT2D eigenvalue weighted by atomic mass is 19.3. The third-order valence-electron chi connectivity index (χ3n) is 3.59. The molecule has 1 atom stereocenters. The molecule has 0 saturated carbocycles. The summed E-state index contributed by atoms with van der Waals surface area (Å²) in [5, 5.41) is 9.25. The SMILES string of the molecule is CC1(C(=O)O)CCc2cc3c(cc21)OC(F)(F)O3. The van der Waals surface area contributed by atoms with Crippen molar-refractivity contribution < 1.29 is 28.2 Å². The van der Waals surface area contributed by atoms with E-state index >= 15 is 0 Å². The topological polar surface area (TPSA) is 55.8 Å². The molecule has 0 fully saturated rings. The Kier molecular flexibility index (Phi) is 1.95. The van der Waals surface area contributed by atoms with Crippen LogP contribution < -0.4 is 9.47 Å². The van der Waals surface area contributed by atoms with E-state index in [1.165, 1.54) is 12.1 Å². The molecule has 1 aliphatic heterocycles. The number of ether oxygens (including phenoxy) is 2. The second-order valence-corrected chi connectivity index (χ2v) is 4.76. The maximum atomic E-state index is 12.9. The molecule has 1 heterocycles. The molecule has 0 aromatic heterocycles. The van der Waals surface area contributed by atoms with Gasteiger partial charge in [-0.1, -0.05) is 0 Å². The smallest absolute Gasteiger partial charge is 0.481 e. The predicted molar refractivity (Wildman–Crippen MR) is 56.0 cm³/mol. The molecule has 1 aromatic rings. The Morgan fingerprint density at radius 2 is 1.94 bits per heavy atom. The Morgan fingerprint density at radius 1 is 1.33 bits per heavy atom. The molecule has 1 N–H and O–H groups in total. The number of benzene rings is 1. The van der Waals surface area contributed by atoms with Crippen molar-refractivity contribution in [1.82, 2.24) is 0 Å². The molecule has 1 aliphatic carbocycles. The molecule has 2 aliphatic rings. The van der Waals surface area contributed by atoms with Crippen molar-refractivity contribution in [2.24, 2.45) is 0 Å². The number of rotatable bonds is 1. The molecule has 6 heteroatoms. The van der Waals surface area contributed by atoms with Crippen LogP contribution in [0.25, 0.3) is 0 Å². The van der Waals surface area contributed by atoms with Crippen LogP contribution in [0.2, 0.25) is 0 Å². The van der Waals surface area contributed by atoms with Gasteiger partial charge in [-0.25, -0.2) is 0 Å². The largest absolute Gasteiger partial charge is 0.586 e. The number of fused-ring (bicyclic) bond motifs is 2. The Hall–Kier alpha value is -1.85. The fourth-order valence-electron chi connectivity index (χ4n) is 2.50. The summed E-state index contributed by atoms with van der Waals surface area (Å²) < 4.78 is 34.5. The lowest BCUT2D eigenvalue weighted by atomic mass is 9.84. The highest BCUT2D eigenvalue weighted by molar-refractivity contribution is 5.83. The van der Waals surface area contributed by atoms with Gasteiger partial charge >= 0.3 is 12.3 Å². The lowest BCUT2D eigenvalue weighted by Crippen LogP contribution is -2.29. The highest BCUT2D eigenvalue weighted by Crippen LogP contribution is 2.48. The van der Waals surface area contributed by atoms with Crippen molar-refractivity contribution in [1.29, 1.82) is 0 Å². The predicted octanol–water partition coefficient (Wildman–Crippen LogP) is 2.30. The van der Waals surface area contributed by atoms with E-state index in [9.17, 15) is 18.7 Å². The molecular formula is C12H10F2O4. The van der Waals surface area contributed by atoms with Crippen molar-refractivity contribution in [2.75, 3.05) is 0 Å². The average molecular weight is 256 g/mol. The minimum absolute atomic E-state index is 0.0339. The van der Waals surface area contributed by atoms with E-state index < -0.39 is 17.7 Å². The maximum Gasteiger partial charge on any atom is 0.586 e. The van der Waals surface area contributed by atoms with Crippen molar-refractivity contribution in [3.05, 3.63) is 23.3 Å². The first kappa shape index (κ1) is 11.3. The Labute approximate surface area is 101 Å². The quantitative estimate of drug-likeness (QED) is 0.837. The van der Waals surface area contributed by atoms with Gasteiger partial charge in [0, 0.05) is 0 Å². The van der Waals surface area contributed by atoms with Crippen LogP contribution in [0.15, 0.2) is 12.1 Å². The van der Waals surface area contributed by atoms with Crippen molar-refractivity contribution >= 4 is 5.97 Å². The fourth-order valence-corrected chi connectivity index (χ4v) is 2.50. The van der Waals surface area contributed by atoms with E-state index in [1.54, 1.807) is 6.92 Å². The van der Waals surface area contributed by atoms with E-state index in [4.69, 9.17) is 0 Å². The van der Waals surface area contributed by atoms with Gasteiger partial charge in [0.2, 0.25) is 0 Å². The zero-order valence-electron chi connectivity index (χ0n) is 9.50. The first-order valence-corrected chi connectivity index (χ1v) is 5.48. The summed E-state index contributed by atoms with van der Waals surface area (Å²) in [6.07, 6.45) is -2.70. The number of carboxylic acids is 1. The number of aliphatic carboxylic acids is 1. The molecule has 0 bridgehead atoms. The second-order valence-electron chi connectivity index (χ2n) is 4.76. The van der Waals surface area contributed by atoms with Crippen LogP contribution in [-0.2, 0) is 16.6 Å². The zero-order chi connectivity index (χ0) is 13.1. The lowest BCUT2D eigenvalue weighted by molar-refractivity contribution is -0.286. The number of hydrogen-bond acceptors (Lipinski definition) is 3. The van der Waals surface area contributed by atoms with E-state index in [0.717, 1.165) is 5.56 Å². The van der Waals surface area contributed by atoms with Crippen molar-refractivity contribution in [3.8, 4) is 11.5 Å². The summed E-state index contributed by atoms with van der Waals surface area (Å²) in [6, 6.07) is 2.80. The van der Waals surface area contributed by atoms with E-state index in [1.807, 2.05) is 0 Å². The molecule has 0 saturated heterocycles. The normalized spacial score (nSPS) is 27.1. The van der Waals surface area contributed by atoms with Gasteiger partial charge in [0.1, 0.15) is 0 Å². The van der Waals surface area contributed by atoms with E-state index in [0.29, 0.717) is 18.4 Å². The van der Waals surface area contributed by atoms with E-state index in [-0.39, 0.29) is 11.5 Å². The summed E-state index contributed by atoms with van der Waals surface area (Å²) in [5.74, 6) is -1.10. The monoisotopic (exact) mass is 256 g/mol. The summed E-state index contributed by atoms with van der Waals surface area (Å²) in [4.78, 5) is 11.3. The highest BCUT2D eigenvalue weighted by Gasteiger charge is 2.47. The second kappa shape index (κ2) is 3.13. The third kappa shape index (κ3) is 1.38. The number of carboxylic acid groups (broad SMARTS) is 1. The zero-order valence-corrected chi connectivity index (χ0v) is 9.50. The summed E-state index contributed by atoms with van der Waals surface area (Å²) in [7, 11) is 0. The standard InChI is InChI=1S/C12H10F2O4/c1-11(10(15)16)3-2-6-4-8-9(5-7(6)11)18-12(13,14)17-8/h4-5H,2-3H2,1H3,(H,15,16). The van der Waals surface area contributed by atoms with Crippen LogP contribution in [-0.4, -0.2) is 17.4 Å². The Balaban J connectivity index is 2.11. The molecule has 18 heavy (non-hydrogen) atoms. The summed E-state index contributed by atoms with van der Waals surface area (Å²) in [6.45, 7) is 1.58. The average Bonchev–Trinajstić information content (AvgIpc) is 2.72. The Bertz CT molecular complexity index is 555. The Morgan fingerprint density at radius 3 is 2.56 bits per heavy atom. The van der Waals surface area contributed by atoms with Crippen LogP contribution in [0, 0.1) is 0 Å². The fraction of sp³-hybridized carbons (Fsp3) is 0.417. The summed E-state index contributed by atoms with van der Waals surface area (Å²) >= 11 is 0. The number of alkyl halides is 2. The van der Waals surface area contributed by atoms with E-state index in [2.05, 4.69) is 9.47 Å². The molecule has 4 nitrogen and oxygen atoms in total. The van der Waals surface area contributed by atoms with Gasteiger partial charge in [0.15, 0.2) is 11.5 Å². The van der Waals surface area contributed by atoms with Gasteiger partial charge in [-0.3, -0.25) is 4.79 Å². The van der Waals surface area contributed by atoms with Gasteiger partial charge in [-0.2, -0.15) is 0 Å². The van der Waals surface area contributed by atoms with Crippen LogP contribution in [0.1, 0.15) is 24.5 Å². The van der Waals surface area contributed by atoms with Crippen LogP contribution in [0.5, 0.6) is 11.5 Å². The lowest BCUT2D eigenvalue weighted by Gasteiger charge is -2.19. The summed E-state index contributed by atoms with van der Waals surface area (Å²) in [5.41, 5.74) is 0.195. The first-order valence-electron chi connectivity index (χ1n) is 5.48. The maximum absolute atomic E-state index is 12.9. The minimum Gasteiger partial charge on any atom is -0.481 e. The number of aryl methyl sites for hydroxylation is 1. The van der Waals surface area contributed by atoms with Gasteiger partial charge < -0.3 is 14.6 Å². The van der Waals surface area contributed by atoms with Crippen molar-refractivity contribution in [3.63, 3.8) is 0 Å². The molecule has 1 unspecified atom stereocenters. The van der Waals surface area contributed by atoms with Crippen LogP contribution in [0.3, 0.4) is 0 Å². The number of hydrogen-bond donors (Lipinski definition) is 1. The first-order chi connectivity index (χ1) is 8.32. The number of halogens is 2.